The van der Waals surface area contributed by atoms with Crippen molar-refractivity contribution in [2.75, 3.05) is 13.2 Å². The number of nitrogens with two attached hydrogens (primary N) is 1. The minimum atomic E-state index is -0.723. The third-order valence-corrected chi connectivity index (χ3v) is 2.77. The normalized spacial score (nSPS) is 11.9. The van der Waals surface area contributed by atoms with Gasteiger partial charge < -0.3 is 15.8 Å². The Kier molecular flexibility index (Phi) is 6.54. The predicted octanol–water partition coefficient (Wildman–Crippen LogP) is 1.36. The smallest absolute Gasteiger partial charge is 0.313 e. The number of primary amides is 1. The third kappa shape index (κ3) is 5.35. The molecular weight excluding hydrogens is 281 g/mol. The molecule has 0 aliphatic heterocycles. The van der Waals surface area contributed by atoms with Gasteiger partial charge >= 0.3 is 5.69 Å². The van der Waals surface area contributed by atoms with E-state index < -0.39 is 28.4 Å². The molecule has 21 heavy (non-hydrogen) atoms. The zero-order valence-corrected chi connectivity index (χ0v) is 11.7. The van der Waals surface area contributed by atoms with E-state index in [4.69, 9.17) is 10.5 Å². The van der Waals surface area contributed by atoms with E-state index in [1.54, 1.807) is 0 Å². The van der Waals surface area contributed by atoms with Gasteiger partial charge in [0.15, 0.2) is 5.75 Å². The van der Waals surface area contributed by atoms with Crippen LogP contribution in [0.15, 0.2) is 18.2 Å². The van der Waals surface area contributed by atoms with Crippen LogP contribution in [0.2, 0.25) is 0 Å². The molecule has 1 amide bonds. The molecule has 0 fully saturated rings. The van der Waals surface area contributed by atoms with Crippen LogP contribution in [0.3, 0.4) is 0 Å². The van der Waals surface area contributed by atoms with Gasteiger partial charge in [0.2, 0.25) is 5.91 Å². The number of nitrogens with one attached hydrogen (secondary N) is 1. The van der Waals surface area contributed by atoms with Crippen molar-refractivity contribution < 1.29 is 18.8 Å². The molecule has 116 valence electrons. The highest BCUT2D eigenvalue weighted by Gasteiger charge is 2.18. The largest absolute Gasteiger partial charge is 0.487 e. The fraction of sp³-hybridized carbons (Fsp3) is 0.462. The van der Waals surface area contributed by atoms with Crippen LogP contribution in [0, 0.1) is 15.9 Å². The van der Waals surface area contributed by atoms with Crippen LogP contribution < -0.4 is 15.8 Å². The van der Waals surface area contributed by atoms with Gasteiger partial charge in [0.05, 0.1) is 23.6 Å². The minimum Gasteiger partial charge on any atom is -0.487 e. The van der Waals surface area contributed by atoms with Crippen LogP contribution >= 0.6 is 0 Å². The van der Waals surface area contributed by atoms with Crippen LogP contribution in [0.25, 0.3) is 0 Å². The van der Waals surface area contributed by atoms with Crippen LogP contribution in [-0.2, 0) is 4.79 Å². The van der Waals surface area contributed by atoms with Crippen LogP contribution in [0.4, 0.5) is 10.1 Å². The maximum Gasteiger partial charge on any atom is 0.313 e. The lowest BCUT2D eigenvalue weighted by Crippen LogP contribution is -2.42. The van der Waals surface area contributed by atoms with Gasteiger partial charge in [0.25, 0.3) is 0 Å². The number of nitrogens with zero attached hydrogens (tertiary/aromatic N) is 1. The monoisotopic (exact) mass is 299 g/mol. The van der Waals surface area contributed by atoms with E-state index in [1.807, 2.05) is 6.92 Å². The summed E-state index contributed by atoms with van der Waals surface area (Å²) in [5.74, 6) is -1.27. The Labute approximate surface area is 121 Å². The van der Waals surface area contributed by atoms with Gasteiger partial charge in [-0.3, -0.25) is 14.9 Å². The zero-order valence-electron chi connectivity index (χ0n) is 11.7. The molecule has 0 aliphatic rings. The summed E-state index contributed by atoms with van der Waals surface area (Å²) in [6.45, 7) is 2.63. The van der Waals surface area contributed by atoms with Gasteiger partial charge in [-0.2, -0.15) is 0 Å². The van der Waals surface area contributed by atoms with Gasteiger partial charge in [0, 0.05) is 6.42 Å². The van der Waals surface area contributed by atoms with Gasteiger partial charge in [-0.25, -0.2) is 4.39 Å². The summed E-state index contributed by atoms with van der Waals surface area (Å²) in [5, 5.41) is 13.7. The second kappa shape index (κ2) is 8.15. The Morgan fingerprint density at radius 2 is 2.29 bits per heavy atom. The Morgan fingerprint density at radius 3 is 2.86 bits per heavy atom. The molecule has 1 aromatic rings. The topological polar surface area (TPSA) is 107 Å². The van der Waals surface area contributed by atoms with Crippen molar-refractivity contribution in [3.63, 3.8) is 0 Å². The maximum atomic E-state index is 13.0. The Hall–Kier alpha value is -2.22. The van der Waals surface area contributed by atoms with Crippen molar-refractivity contribution >= 4 is 11.6 Å². The van der Waals surface area contributed by atoms with Gasteiger partial charge in [-0.05, 0) is 25.1 Å². The number of hydrogen-bond acceptors (Lipinski definition) is 5. The summed E-state index contributed by atoms with van der Waals surface area (Å²) in [7, 11) is 0. The van der Waals surface area contributed by atoms with Gasteiger partial charge in [0.1, 0.15) is 5.82 Å². The lowest BCUT2D eigenvalue weighted by Gasteiger charge is -2.15. The first-order valence-electron chi connectivity index (χ1n) is 6.55. The van der Waals surface area contributed by atoms with E-state index in [0.717, 1.165) is 18.6 Å². The average Bonchev–Trinajstić information content (AvgIpc) is 2.43. The molecule has 0 aromatic heterocycles. The van der Waals surface area contributed by atoms with Crippen molar-refractivity contribution in [2.45, 2.75) is 25.8 Å². The van der Waals surface area contributed by atoms with E-state index in [1.165, 1.54) is 6.07 Å². The second-order valence-electron chi connectivity index (χ2n) is 4.42. The van der Waals surface area contributed by atoms with Crippen LogP contribution in [0.5, 0.6) is 5.75 Å². The first kappa shape index (κ1) is 16.8. The lowest BCUT2D eigenvalue weighted by atomic mass is 10.2. The van der Waals surface area contributed by atoms with Crippen molar-refractivity contribution in [3.8, 4) is 5.75 Å². The van der Waals surface area contributed by atoms with E-state index >= 15 is 0 Å². The molecule has 8 heteroatoms. The molecule has 0 saturated heterocycles. The molecule has 1 rings (SSSR count). The molecule has 1 aromatic carbocycles. The Bertz CT molecular complexity index is 510. The van der Waals surface area contributed by atoms with E-state index in [9.17, 15) is 19.3 Å². The number of rotatable bonds is 9. The number of amides is 1. The second-order valence-corrected chi connectivity index (χ2v) is 4.42. The summed E-state index contributed by atoms with van der Waals surface area (Å²) in [6, 6.07) is 2.48. The fourth-order valence-corrected chi connectivity index (χ4v) is 1.71. The highest BCUT2D eigenvalue weighted by molar-refractivity contribution is 5.79. The average molecular weight is 299 g/mol. The van der Waals surface area contributed by atoms with Crippen molar-refractivity contribution in [1.29, 1.82) is 0 Å². The Balaban J connectivity index is 2.62. The summed E-state index contributed by atoms with van der Waals surface area (Å²) in [6.07, 6.45) is 1.11. The number of ether oxygens (including phenoxy) is 1. The molecule has 0 aliphatic carbocycles. The maximum absolute atomic E-state index is 13.0. The van der Waals surface area contributed by atoms with Crippen LogP contribution in [-0.4, -0.2) is 30.0 Å². The number of nitro groups is 1. The molecule has 0 spiro atoms. The molecule has 1 unspecified atom stereocenters. The van der Waals surface area contributed by atoms with E-state index in [2.05, 4.69) is 5.32 Å². The molecule has 7 nitrogen and oxygen atoms in total. The quantitative estimate of drug-likeness (QED) is 0.528. The predicted molar refractivity (Wildman–Crippen MR) is 74.4 cm³/mol. The number of halogens is 1. The SMILES string of the molecule is CCCNC(CCOc1ccc(F)cc1[N+](=O)[O-])C(N)=O. The van der Waals surface area contributed by atoms with E-state index in [0.29, 0.717) is 6.54 Å². The van der Waals surface area contributed by atoms with Crippen LogP contribution in [0.1, 0.15) is 19.8 Å². The summed E-state index contributed by atoms with van der Waals surface area (Å²) in [5.41, 5.74) is 4.79. The summed E-state index contributed by atoms with van der Waals surface area (Å²) < 4.78 is 18.2. The molecule has 0 heterocycles. The zero-order chi connectivity index (χ0) is 15.8. The van der Waals surface area contributed by atoms with E-state index in [-0.39, 0.29) is 18.8 Å². The van der Waals surface area contributed by atoms with Gasteiger partial charge in [-0.1, -0.05) is 6.92 Å². The number of benzene rings is 1. The summed E-state index contributed by atoms with van der Waals surface area (Å²) >= 11 is 0. The standard InChI is InChI=1S/C13H18FN3O4/c1-2-6-16-10(13(15)18)5-7-21-12-4-3-9(14)8-11(12)17(19)20/h3-4,8,10,16H,2,5-7H2,1H3,(H2,15,18). The summed E-state index contributed by atoms with van der Waals surface area (Å²) in [4.78, 5) is 21.3. The molecule has 1 atom stereocenters. The van der Waals surface area contributed by atoms with Gasteiger partial charge in [-0.15, -0.1) is 0 Å². The number of carbonyl (C=O) groups excluding carboxylic acids is 1. The van der Waals surface area contributed by atoms with Crippen molar-refractivity contribution in [1.82, 2.24) is 5.32 Å². The lowest BCUT2D eigenvalue weighted by molar-refractivity contribution is -0.386. The number of carbonyl (C=O) groups is 1. The first-order chi connectivity index (χ1) is 9.95. The highest BCUT2D eigenvalue weighted by Crippen LogP contribution is 2.27. The minimum absolute atomic E-state index is 0.0416. The fourth-order valence-electron chi connectivity index (χ4n) is 1.71. The molecule has 0 bridgehead atoms. The van der Waals surface area contributed by atoms with Crippen molar-refractivity contribution in [2.24, 2.45) is 5.73 Å². The number of hydrogen-bond donors (Lipinski definition) is 2. The third-order valence-electron chi connectivity index (χ3n) is 2.77. The highest BCUT2D eigenvalue weighted by atomic mass is 19.1. The molecule has 0 saturated carbocycles. The molecular formula is C13H18FN3O4. The van der Waals surface area contributed by atoms with Crippen molar-refractivity contribution in [3.05, 3.63) is 34.1 Å². The molecule has 3 N–H and O–H groups in total. The first-order valence-corrected chi connectivity index (χ1v) is 6.55. The Morgan fingerprint density at radius 1 is 1.57 bits per heavy atom. The molecule has 0 radical (unpaired) electrons. The number of nitro benzene ring substituents is 1.